The zero-order chi connectivity index (χ0) is 39.4. The molecular formula is C35H54O10. The Balaban J connectivity index is 1.69. The fraction of sp³-hybridized carbons (Fsp3) is 0.857. The predicted octanol–water partition coefficient (Wildman–Crippen LogP) is 5.43. The molecule has 0 spiro atoms. The second-order valence-electron chi connectivity index (χ2n) is 14.3. The highest BCUT2D eigenvalue weighted by molar-refractivity contribution is 5.75. The van der Waals surface area contributed by atoms with Gasteiger partial charge < -0.3 is 23.7 Å². The van der Waals surface area contributed by atoms with E-state index in [1.807, 2.05) is 13.8 Å². The Morgan fingerprint density at radius 3 is 2.13 bits per heavy atom. The highest BCUT2D eigenvalue weighted by Crippen LogP contribution is 2.66. The summed E-state index contributed by atoms with van der Waals surface area (Å²) in [5, 5.41) is 0. The Kier molecular flexibility index (Phi) is 7.99. The molecule has 10 heteroatoms. The van der Waals surface area contributed by atoms with E-state index in [0.717, 1.165) is 13.8 Å². The molecule has 4 rings (SSSR count). The number of fused-ring (bicyclic) bond motifs is 5. The zero-order valence-corrected chi connectivity index (χ0v) is 27.5. The molecular weight excluding hydrogens is 580 g/mol. The van der Waals surface area contributed by atoms with Gasteiger partial charge in [0.1, 0.15) is 24.4 Å². The van der Waals surface area contributed by atoms with Crippen molar-refractivity contribution in [3.05, 3.63) is 0 Å². The Labute approximate surface area is 277 Å². The van der Waals surface area contributed by atoms with Gasteiger partial charge in [-0.1, -0.05) is 34.5 Å². The van der Waals surface area contributed by atoms with Crippen molar-refractivity contribution in [2.45, 2.75) is 132 Å². The SMILES string of the molecule is [2H]C([2H])([2H])C([2H])(CC(OC(C)=O)C(OC(C)=O)[C@@H](C)[C@H]1CC[C@H]2[C@@H]3COC(=O)[C@H]4C[C@H](OC(C)=O)[C@H](OC(C)=O)C[C@]4(C)[C@H]3CC[C@]12C)C([2H])([2H])[2H]. The van der Waals surface area contributed by atoms with Crippen molar-refractivity contribution in [3.8, 4) is 0 Å². The number of ether oxygens (including phenoxy) is 5. The Hall–Kier alpha value is -2.65. The van der Waals surface area contributed by atoms with Crippen molar-refractivity contribution in [2.75, 3.05) is 6.61 Å². The Morgan fingerprint density at radius 1 is 0.911 bits per heavy atom. The van der Waals surface area contributed by atoms with Crippen molar-refractivity contribution in [1.29, 1.82) is 0 Å². The maximum atomic E-state index is 13.7. The smallest absolute Gasteiger partial charge is 0.309 e. The molecule has 4 fully saturated rings. The quantitative estimate of drug-likeness (QED) is 0.237. The molecule has 0 aromatic heterocycles. The topological polar surface area (TPSA) is 132 Å². The maximum Gasteiger partial charge on any atom is 0.309 e. The summed E-state index contributed by atoms with van der Waals surface area (Å²) in [5.74, 6) is -7.51. The summed E-state index contributed by atoms with van der Waals surface area (Å²) < 4.78 is 85.0. The van der Waals surface area contributed by atoms with E-state index < -0.39 is 97.0 Å². The fourth-order valence-corrected chi connectivity index (χ4v) is 9.91. The average molecular weight is 642 g/mol. The van der Waals surface area contributed by atoms with Crippen LogP contribution in [-0.4, -0.2) is 60.9 Å². The normalized spacial score (nSPS) is 40.9. The molecule has 3 aliphatic carbocycles. The van der Waals surface area contributed by atoms with Crippen molar-refractivity contribution in [3.63, 3.8) is 0 Å². The summed E-state index contributed by atoms with van der Waals surface area (Å²) in [5.41, 5.74) is -1.07. The lowest BCUT2D eigenvalue weighted by atomic mass is 9.48. The van der Waals surface area contributed by atoms with Crippen LogP contribution in [0.25, 0.3) is 0 Å². The van der Waals surface area contributed by atoms with Crippen LogP contribution >= 0.6 is 0 Å². The molecule has 12 atom stereocenters. The van der Waals surface area contributed by atoms with Crippen molar-refractivity contribution in [1.82, 2.24) is 0 Å². The van der Waals surface area contributed by atoms with Crippen molar-refractivity contribution < 1.29 is 57.3 Å². The minimum atomic E-state index is -3.29. The first-order valence-electron chi connectivity index (χ1n) is 19.6. The van der Waals surface area contributed by atoms with Gasteiger partial charge >= 0.3 is 29.8 Å². The molecule has 0 radical (unpaired) electrons. The minimum Gasteiger partial charge on any atom is -0.465 e. The van der Waals surface area contributed by atoms with Gasteiger partial charge in [0.25, 0.3) is 0 Å². The molecule has 0 aromatic rings. The Morgan fingerprint density at radius 2 is 1.53 bits per heavy atom. The molecule has 3 saturated carbocycles. The lowest BCUT2D eigenvalue weighted by Gasteiger charge is -2.56. The molecule has 45 heavy (non-hydrogen) atoms. The maximum absolute atomic E-state index is 13.7. The molecule has 4 aliphatic rings. The minimum absolute atomic E-state index is 0.0191. The number of esters is 5. The molecule has 2 unspecified atom stereocenters. The van der Waals surface area contributed by atoms with Gasteiger partial charge in [-0.2, -0.15) is 0 Å². The molecule has 10 nitrogen and oxygen atoms in total. The van der Waals surface area contributed by atoms with Gasteiger partial charge in [-0.25, -0.2) is 0 Å². The average Bonchev–Trinajstić information content (AvgIpc) is 3.29. The fourth-order valence-electron chi connectivity index (χ4n) is 9.91. The predicted molar refractivity (Wildman–Crippen MR) is 163 cm³/mol. The molecule has 0 aromatic carbocycles. The molecule has 254 valence electrons. The Bertz CT molecular complexity index is 1390. The summed E-state index contributed by atoms with van der Waals surface area (Å²) in [6.07, 6.45) is -2.09. The van der Waals surface area contributed by atoms with E-state index in [1.165, 1.54) is 13.8 Å². The second kappa shape index (κ2) is 13.6. The summed E-state index contributed by atoms with van der Waals surface area (Å²) in [7, 11) is 0. The molecule has 1 heterocycles. The summed E-state index contributed by atoms with van der Waals surface area (Å²) in [4.78, 5) is 62.7. The highest BCUT2D eigenvalue weighted by Gasteiger charge is 2.64. The molecule has 1 saturated heterocycles. The zero-order valence-electron chi connectivity index (χ0n) is 34.5. The lowest BCUT2D eigenvalue weighted by molar-refractivity contribution is -0.188. The number of cyclic esters (lactones) is 1. The van der Waals surface area contributed by atoms with Crippen LogP contribution in [0.15, 0.2) is 0 Å². The van der Waals surface area contributed by atoms with Gasteiger partial charge in [-0.05, 0) is 78.9 Å². The van der Waals surface area contributed by atoms with E-state index in [-0.39, 0.29) is 42.7 Å². The van der Waals surface area contributed by atoms with Crippen LogP contribution in [0.5, 0.6) is 0 Å². The number of carbonyl (C=O) groups is 5. The third kappa shape index (κ3) is 7.19. The standard InChI is InChI=1S/C35H54O10/c1-18(2)14-30(43-21(5)37)32(45-23(7)39)19(3)25-10-11-26-24-17-41-33(40)28-15-29(42-20(4)36)31(44-22(6)38)16-35(28,9)27(24)12-13-34(25,26)8/h18-19,24-32H,10-17H2,1-9H3/t19-,24-,25+,26-,27-,28+,29-,30?,31+,32?,34+,35+/m0/s1/i1D3,2D3,18D. The summed E-state index contributed by atoms with van der Waals surface area (Å²) in [6, 6.07) is 0. The molecule has 1 aliphatic heterocycles. The number of rotatable bonds is 9. The van der Waals surface area contributed by atoms with Crippen LogP contribution in [-0.2, 0) is 47.7 Å². The third-order valence-electron chi connectivity index (χ3n) is 11.6. The molecule has 0 N–H and O–H groups in total. The molecule has 0 bridgehead atoms. The van der Waals surface area contributed by atoms with Gasteiger partial charge in [-0.3, -0.25) is 24.0 Å². The van der Waals surface area contributed by atoms with Crippen molar-refractivity contribution in [2.24, 2.45) is 52.2 Å². The second-order valence-corrected chi connectivity index (χ2v) is 14.3. The number of hydrogen-bond donors (Lipinski definition) is 0. The first kappa shape index (κ1) is 26.4. The van der Waals surface area contributed by atoms with E-state index in [0.29, 0.717) is 32.1 Å². The number of hydrogen-bond acceptors (Lipinski definition) is 10. The van der Waals surface area contributed by atoms with Gasteiger partial charge in [0.15, 0.2) is 0 Å². The monoisotopic (exact) mass is 641 g/mol. The van der Waals surface area contributed by atoms with E-state index in [9.17, 15) is 24.0 Å². The van der Waals surface area contributed by atoms with E-state index in [4.69, 9.17) is 33.3 Å². The van der Waals surface area contributed by atoms with Crippen LogP contribution in [0, 0.1) is 52.2 Å². The highest BCUT2D eigenvalue weighted by atomic mass is 16.6. The third-order valence-corrected chi connectivity index (χ3v) is 11.6. The summed E-state index contributed by atoms with van der Waals surface area (Å²) in [6.45, 7) is 4.37. The first-order valence-corrected chi connectivity index (χ1v) is 16.1. The van der Waals surface area contributed by atoms with Gasteiger partial charge in [-0.15, -0.1) is 0 Å². The van der Waals surface area contributed by atoms with Gasteiger partial charge in [0.2, 0.25) is 0 Å². The summed E-state index contributed by atoms with van der Waals surface area (Å²) >= 11 is 0. The van der Waals surface area contributed by atoms with Crippen LogP contribution < -0.4 is 0 Å². The van der Waals surface area contributed by atoms with E-state index in [1.54, 1.807) is 0 Å². The number of carbonyl (C=O) groups excluding carboxylic acids is 5. The van der Waals surface area contributed by atoms with Crippen LogP contribution in [0.2, 0.25) is 0 Å². The first-order chi connectivity index (χ1) is 23.8. The van der Waals surface area contributed by atoms with E-state index >= 15 is 0 Å². The largest absolute Gasteiger partial charge is 0.465 e. The molecule has 0 amide bonds. The van der Waals surface area contributed by atoms with Crippen molar-refractivity contribution >= 4 is 29.8 Å². The van der Waals surface area contributed by atoms with Gasteiger partial charge in [0.05, 0.1) is 12.5 Å². The van der Waals surface area contributed by atoms with Crippen LogP contribution in [0.4, 0.5) is 0 Å². The van der Waals surface area contributed by atoms with E-state index in [2.05, 4.69) is 6.92 Å². The van der Waals surface area contributed by atoms with Crippen LogP contribution in [0.1, 0.15) is 117 Å². The lowest BCUT2D eigenvalue weighted by Crippen LogP contribution is -2.56. The van der Waals surface area contributed by atoms with Crippen LogP contribution in [0.3, 0.4) is 0 Å². The van der Waals surface area contributed by atoms with Gasteiger partial charge in [0, 0.05) is 49.6 Å².